The molecule has 12 bridgehead atoms. The third-order valence-electron chi connectivity index (χ3n) is 10.5. The van der Waals surface area contributed by atoms with Crippen LogP contribution < -0.4 is 23.7 Å². The molecule has 1 aliphatic carbocycles. The van der Waals surface area contributed by atoms with Crippen molar-refractivity contribution in [2.75, 3.05) is 87.4 Å². The molecule has 57 heavy (non-hydrogen) atoms. The summed E-state index contributed by atoms with van der Waals surface area (Å²) in [5, 5.41) is 0. The summed E-state index contributed by atoms with van der Waals surface area (Å²) in [5.41, 5.74) is 10.7. The number of para-hydroxylation sites is 5. The summed E-state index contributed by atoms with van der Waals surface area (Å²) in [6.45, 7) is 4.48. The lowest BCUT2D eigenvalue weighted by Gasteiger charge is -2.21. The van der Waals surface area contributed by atoms with Gasteiger partial charge < -0.3 is 42.6 Å². The summed E-state index contributed by atoms with van der Waals surface area (Å²) in [7, 11) is 5.25. The van der Waals surface area contributed by atoms with E-state index < -0.39 is 0 Å². The fourth-order valence-corrected chi connectivity index (χ4v) is 7.93. The lowest BCUT2D eigenvalue weighted by molar-refractivity contribution is -0.00706. The fourth-order valence-electron chi connectivity index (χ4n) is 7.93. The summed E-state index contributed by atoms with van der Waals surface area (Å²) in [4.78, 5) is 0. The van der Waals surface area contributed by atoms with E-state index in [1.807, 2.05) is 0 Å². The second-order valence-electron chi connectivity index (χ2n) is 14.2. The minimum absolute atomic E-state index is 0.386. The number of benzene rings is 5. The number of hydrogen-bond donors (Lipinski definition) is 0. The molecule has 0 amide bonds. The minimum Gasteiger partial charge on any atom is -0.496 e. The predicted molar refractivity (Wildman–Crippen MR) is 220 cm³/mol. The van der Waals surface area contributed by atoms with E-state index in [-0.39, 0.29) is 0 Å². The Bertz CT molecular complexity index is 1930. The van der Waals surface area contributed by atoms with Crippen molar-refractivity contribution in [2.24, 2.45) is 0 Å². The maximum atomic E-state index is 6.67. The number of methoxy groups -OCH3 is 3. The average molecular weight is 775 g/mol. The van der Waals surface area contributed by atoms with Gasteiger partial charge in [-0.1, -0.05) is 91.0 Å². The van der Waals surface area contributed by atoms with Gasteiger partial charge in [0, 0.05) is 32.1 Å². The molecule has 0 aromatic heterocycles. The van der Waals surface area contributed by atoms with Crippen molar-refractivity contribution >= 4 is 0 Å². The van der Waals surface area contributed by atoms with Crippen LogP contribution in [-0.4, -0.2) is 87.4 Å². The van der Waals surface area contributed by atoms with Gasteiger partial charge in [0.2, 0.25) is 0 Å². The van der Waals surface area contributed by atoms with Crippen molar-refractivity contribution in [3.05, 3.63) is 147 Å². The van der Waals surface area contributed by atoms with Gasteiger partial charge >= 0.3 is 0 Å². The normalized spacial score (nSPS) is 16.0. The highest BCUT2D eigenvalue weighted by Gasteiger charge is 2.21. The first-order valence-corrected chi connectivity index (χ1v) is 19.9. The van der Waals surface area contributed by atoms with Crippen LogP contribution in [0.5, 0.6) is 28.7 Å². The van der Waals surface area contributed by atoms with E-state index in [0.717, 1.165) is 84.4 Å². The Labute approximate surface area is 336 Å². The Morgan fingerprint density at radius 2 is 0.509 bits per heavy atom. The molecule has 0 saturated heterocycles. The maximum Gasteiger partial charge on any atom is 0.126 e. The summed E-state index contributed by atoms with van der Waals surface area (Å²) in [5.74, 6) is 4.24. The molecule has 0 unspecified atom stereocenters. The second-order valence-corrected chi connectivity index (χ2v) is 14.2. The van der Waals surface area contributed by atoms with Gasteiger partial charge in [0.15, 0.2) is 0 Å². The monoisotopic (exact) mass is 774 g/mol. The van der Waals surface area contributed by atoms with Gasteiger partial charge in [0.05, 0.1) is 74.2 Å². The van der Waals surface area contributed by atoms with Crippen LogP contribution in [0.3, 0.4) is 0 Å². The molecule has 0 atom stereocenters. The van der Waals surface area contributed by atoms with Crippen LogP contribution in [0.2, 0.25) is 0 Å². The summed E-state index contributed by atoms with van der Waals surface area (Å²) < 4.78 is 55.3. The first kappa shape index (κ1) is 40.1. The Hall–Kier alpha value is -5.06. The minimum atomic E-state index is 0.386. The van der Waals surface area contributed by atoms with Gasteiger partial charge in [0.1, 0.15) is 42.0 Å². The van der Waals surface area contributed by atoms with Crippen molar-refractivity contribution in [1.29, 1.82) is 0 Å². The topological polar surface area (TPSA) is 83.1 Å². The highest BCUT2D eigenvalue weighted by Crippen LogP contribution is 2.39. The van der Waals surface area contributed by atoms with E-state index in [0.29, 0.717) is 98.2 Å². The molecule has 2 aliphatic rings. The zero-order valence-corrected chi connectivity index (χ0v) is 33.4. The highest BCUT2D eigenvalue weighted by molar-refractivity contribution is 5.56. The molecule has 9 heteroatoms. The van der Waals surface area contributed by atoms with Crippen molar-refractivity contribution in [3.8, 4) is 28.7 Å². The van der Waals surface area contributed by atoms with E-state index in [1.54, 1.807) is 21.3 Å². The Morgan fingerprint density at radius 1 is 0.298 bits per heavy atom. The molecule has 7 rings (SSSR count). The number of fused-ring (bicyclic) bond motifs is 4. The smallest absolute Gasteiger partial charge is 0.126 e. The van der Waals surface area contributed by atoms with Gasteiger partial charge in [-0.25, -0.2) is 0 Å². The van der Waals surface area contributed by atoms with Crippen LogP contribution in [-0.2, 0) is 51.1 Å². The molecular formula is C48H54O9. The molecule has 0 radical (unpaired) electrons. The largest absolute Gasteiger partial charge is 0.496 e. The zero-order valence-electron chi connectivity index (χ0n) is 33.4. The molecule has 5 aromatic rings. The van der Waals surface area contributed by atoms with E-state index in [9.17, 15) is 0 Å². The Morgan fingerprint density at radius 3 is 0.754 bits per heavy atom. The second kappa shape index (κ2) is 20.4. The van der Waals surface area contributed by atoms with Crippen LogP contribution in [0.15, 0.2) is 91.0 Å². The van der Waals surface area contributed by atoms with Crippen molar-refractivity contribution in [1.82, 2.24) is 0 Å². The Kier molecular flexibility index (Phi) is 14.4. The van der Waals surface area contributed by atoms with Crippen molar-refractivity contribution < 1.29 is 42.6 Å². The first-order valence-electron chi connectivity index (χ1n) is 19.9. The van der Waals surface area contributed by atoms with E-state index in [2.05, 4.69) is 91.0 Å². The maximum absolute atomic E-state index is 6.67. The molecule has 1 heterocycles. The van der Waals surface area contributed by atoms with Crippen LogP contribution in [0.4, 0.5) is 0 Å². The highest BCUT2D eigenvalue weighted by atomic mass is 16.6. The molecule has 300 valence electrons. The lowest BCUT2D eigenvalue weighted by atomic mass is 9.91. The number of rotatable bonds is 3. The summed E-state index contributed by atoms with van der Waals surface area (Å²) >= 11 is 0. The van der Waals surface area contributed by atoms with Gasteiger partial charge in [0.25, 0.3) is 0 Å². The third kappa shape index (κ3) is 10.1. The Balaban J connectivity index is 1.38. The molecule has 5 aromatic carbocycles. The van der Waals surface area contributed by atoms with Crippen molar-refractivity contribution in [3.63, 3.8) is 0 Å². The summed E-state index contributed by atoms with van der Waals surface area (Å²) in [6, 6.07) is 32.0. The van der Waals surface area contributed by atoms with Gasteiger partial charge in [-0.05, 0) is 55.6 Å². The predicted octanol–water partition coefficient (Wildman–Crippen LogP) is 7.82. The van der Waals surface area contributed by atoms with Crippen LogP contribution in [0.1, 0.15) is 55.6 Å². The van der Waals surface area contributed by atoms with E-state index in [4.69, 9.17) is 42.6 Å². The summed E-state index contributed by atoms with van der Waals surface area (Å²) in [6.07, 6.45) is 3.10. The average Bonchev–Trinajstić information content (AvgIpc) is 3.22. The quantitative estimate of drug-likeness (QED) is 0.179. The van der Waals surface area contributed by atoms with Crippen LogP contribution in [0, 0.1) is 0 Å². The lowest BCUT2D eigenvalue weighted by Crippen LogP contribution is -2.15. The van der Waals surface area contributed by atoms with Gasteiger partial charge in [-0.3, -0.25) is 0 Å². The molecule has 0 N–H and O–H groups in total. The first-order chi connectivity index (χ1) is 28.2. The number of hydrogen-bond acceptors (Lipinski definition) is 9. The van der Waals surface area contributed by atoms with Gasteiger partial charge in [-0.2, -0.15) is 0 Å². The molecule has 0 saturated carbocycles. The van der Waals surface area contributed by atoms with Crippen LogP contribution >= 0.6 is 0 Å². The molecule has 0 fully saturated rings. The van der Waals surface area contributed by atoms with E-state index >= 15 is 0 Å². The molecule has 9 nitrogen and oxygen atoms in total. The molecular weight excluding hydrogens is 721 g/mol. The van der Waals surface area contributed by atoms with Gasteiger partial charge in [-0.15, -0.1) is 0 Å². The zero-order chi connectivity index (χ0) is 39.2. The SMILES string of the molecule is COc1c2cccc1Cc1cccc3c1OCCOCCOCCOCCOCCOc1c(cccc1Cc1cccc(c1OC)C3)Cc1cccc(c1OC)C2. The fraction of sp³-hybridized carbons (Fsp3) is 0.375. The van der Waals surface area contributed by atoms with E-state index in [1.165, 1.54) is 0 Å². The molecule has 1 aliphatic heterocycles. The van der Waals surface area contributed by atoms with Crippen molar-refractivity contribution in [2.45, 2.75) is 32.1 Å². The number of ether oxygens (including phenoxy) is 9. The third-order valence-corrected chi connectivity index (χ3v) is 10.5. The standard InChI is InChI=1S/C48H54O9/c1-49-44-34-9-4-11-36(44)30-40-15-7-17-42-32-38-13-6-14-39(46(38)51-3)33-43-18-8-16-41(31-37-12-5-10-35(29-34)45(37)50-2)48(43)57-28-26-55-24-22-53-20-19-52-21-23-54-25-27-56-47(40)42/h4-18H,19-33H2,1-3H3. The molecule has 0 spiro atoms. The van der Waals surface area contributed by atoms with Crippen LogP contribution in [0.25, 0.3) is 0 Å².